The molecule has 1 aromatic rings. The van der Waals surface area contributed by atoms with Crippen molar-refractivity contribution in [3.63, 3.8) is 0 Å². The lowest BCUT2D eigenvalue weighted by Crippen LogP contribution is -2.30. The molecule has 4 heteroatoms. The minimum absolute atomic E-state index is 0.256. The molecule has 1 aliphatic rings. The zero-order valence-electron chi connectivity index (χ0n) is 11.0. The van der Waals surface area contributed by atoms with Gasteiger partial charge in [-0.05, 0) is 52.7 Å². The summed E-state index contributed by atoms with van der Waals surface area (Å²) >= 11 is 11.6. The maximum Gasteiger partial charge on any atom is 0.133 e. The third-order valence-electron chi connectivity index (χ3n) is 3.93. The summed E-state index contributed by atoms with van der Waals surface area (Å²) in [6.45, 7) is 0.775. The summed E-state index contributed by atoms with van der Waals surface area (Å²) in [5.74, 6) is 1.84. The van der Waals surface area contributed by atoms with Crippen LogP contribution in [0.4, 0.5) is 0 Å². The molecule has 2 rings (SSSR count). The molecule has 106 valence electrons. The van der Waals surface area contributed by atoms with Crippen molar-refractivity contribution < 1.29 is 4.74 Å². The van der Waals surface area contributed by atoms with Crippen LogP contribution in [0.5, 0.6) is 5.75 Å². The third-order valence-corrected chi connectivity index (χ3v) is 5.71. The SMILES string of the molecule is SCC1(COc2ccc(Br)cc2Br)CCCCCC1. The summed E-state index contributed by atoms with van der Waals surface area (Å²) in [5, 5.41) is 0. The van der Waals surface area contributed by atoms with E-state index in [0.717, 1.165) is 27.1 Å². The van der Waals surface area contributed by atoms with E-state index in [0.29, 0.717) is 0 Å². The molecule has 1 aromatic carbocycles. The van der Waals surface area contributed by atoms with Crippen LogP contribution in [0.1, 0.15) is 38.5 Å². The molecule has 0 atom stereocenters. The van der Waals surface area contributed by atoms with E-state index < -0.39 is 0 Å². The Morgan fingerprint density at radius 2 is 1.79 bits per heavy atom. The molecule has 19 heavy (non-hydrogen) atoms. The summed E-state index contributed by atoms with van der Waals surface area (Å²) in [4.78, 5) is 0. The highest BCUT2D eigenvalue weighted by Gasteiger charge is 2.30. The van der Waals surface area contributed by atoms with Crippen LogP contribution in [-0.4, -0.2) is 12.4 Å². The molecule has 0 spiro atoms. The van der Waals surface area contributed by atoms with Crippen molar-refractivity contribution in [3.8, 4) is 5.75 Å². The molecular formula is C15H20Br2OS. The Labute approximate surface area is 138 Å². The van der Waals surface area contributed by atoms with Gasteiger partial charge in [0.2, 0.25) is 0 Å². The smallest absolute Gasteiger partial charge is 0.133 e. The molecule has 0 aliphatic heterocycles. The number of hydrogen-bond acceptors (Lipinski definition) is 2. The zero-order valence-corrected chi connectivity index (χ0v) is 15.1. The minimum atomic E-state index is 0.256. The first kappa shape index (κ1) is 15.7. The van der Waals surface area contributed by atoms with E-state index in [2.05, 4.69) is 44.5 Å². The van der Waals surface area contributed by atoms with Crippen LogP contribution >= 0.6 is 44.5 Å². The standard InChI is InChI=1S/C15H20Br2OS/c16-12-5-6-14(13(17)9-12)18-10-15(11-19)7-3-1-2-4-8-15/h5-6,9,19H,1-4,7-8,10-11H2. The fourth-order valence-corrected chi connectivity index (χ4v) is 4.22. The van der Waals surface area contributed by atoms with E-state index >= 15 is 0 Å². The second-order valence-corrected chi connectivity index (χ2v) is 7.52. The van der Waals surface area contributed by atoms with E-state index in [-0.39, 0.29) is 5.41 Å². The summed E-state index contributed by atoms with van der Waals surface area (Å²) in [5.41, 5.74) is 0.256. The maximum absolute atomic E-state index is 6.06. The van der Waals surface area contributed by atoms with Gasteiger partial charge in [0, 0.05) is 9.89 Å². The van der Waals surface area contributed by atoms with Crippen LogP contribution in [-0.2, 0) is 0 Å². The molecule has 1 saturated carbocycles. The summed E-state index contributed by atoms with van der Waals surface area (Å²) in [6, 6.07) is 6.05. The first-order valence-electron chi connectivity index (χ1n) is 6.84. The van der Waals surface area contributed by atoms with Gasteiger partial charge in [-0.15, -0.1) is 0 Å². The molecule has 1 aliphatic carbocycles. The van der Waals surface area contributed by atoms with Crippen LogP contribution in [0.15, 0.2) is 27.1 Å². The number of rotatable bonds is 4. The van der Waals surface area contributed by atoms with E-state index in [1.807, 2.05) is 18.2 Å². The van der Waals surface area contributed by atoms with Gasteiger partial charge >= 0.3 is 0 Å². The van der Waals surface area contributed by atoms with Gasteiger partial charge < -0.3 is 4.74 Å². The van der Waals surface area contributed by atoms with Crippen molar-refractivity contribution in [2.75, 3.05) is 12.4 Å². The van der Waals surface area contributed by atoms with Gasteiger partial charge in [0.05, 0.1) is 11.1 Å². The van der Waals surface area contributed by atoms with Crippen molar-refractivity contribution in [1.29, 1.82) is 0 Å². The van der Waals surface area contributed by atoms with Gasteiger partial charge in [-0.1, -0.05) is 41.6 Å². The molecule has 0 aromatic heterocycles. The van der Waals surface area contributed by atoms with Crippen molar-refractivity contribution in [3.05, 3.63) is 27.1 Å². The number of thiol groups is 1. The van der Waals surface area contributed by atoms with Crippen molar-refractivity contribution in [1.82, 2.24) is 0 Å². The lowest BCUT2D eigenvalue weighted by Gasteiger charge is -2.31. The van der Waals surface area contributed by atoms with Crippen LogP contribution in [0, 0.1) is 5.41 Å². The molecule has 0 heterocycles. The van der Waals surface area contributed by atoms with Crippen LogP contribution < -0.4 is 4.74 Å². The number of hydrogen-bond donors (Lipinski definition) is 1. The number of ether oxygens (including phenoxy) is 1. The van der Waals surface area contributed by atoms with E-state index in [9.17, 15) is 0 Å². The van der Waals surface area contributed by atoms with Gasteiger partial charge in [0.25, 0.3) is 0 Å². The molecular weight excluding hydrogens is 388 g/mol. The average molecular weight is 408 g/mol. The first-order chi connectivity index (χ1) is 9.15. The summed E-state index contributed by atoms with van der Waals surface area (Å²) in [7, 11) is 0. The minimum Gasteiger partial charge on any atom is -0.492 e. The Kier molecular flexibility index (Phi) is 6.10. The van der Waals surface area contributed by atoms with Gasteiger partial charge in [-0.3, -0.25) is 0 Å². The molecule has 0 unspecified atom stereocenters. The van der Waals surface area contributed by atoms with E-state index in [1.165, 1.54) is 38.5 Å². The Bertz CT molecular complexity index is 415. The topological polar surface area (TPSA) is 9.23 Å². The van der Waals surface area contributed by atoms with Gasteiger partial charge in [0.15, 0.2) is 0 Å². The maximum atomic E-state index is 6.06. The monoisotopic (exact) mass is 406 g/mol. The second kappa shape index (κ2) is 7.37. The molecule has 1 nitrogen and oxygen atoms in total. The van der Waals surface area contributed by atoms with Crippen molar-refractivity contribution >= 4 is 44.5 Å². The Balaban J connectivity index is 2.02. The van der Waals surface area contributed by atoms with Crippen molar-refractivity contribution in [2.24, 2.45) is 5.41 Å². The highest BCUT2D eigenvalue weighted by molar-refractivity contribution is 9.11. The third kappa shape index (κ3) is 4.40. The lowest BCUT2D eigenvalue weighted by molar-refractivity contribution is 0.147. The van der Waals surface area contributed by atoms with Gasteiger partial charge in [-0.2, -0.15) is 12.6 Å². The van der Waals surface area contributed by atoms with Gasteiger partial charge in [0.1, 0.15) is 5.75 Å². The average Bonchev–Trinajstić information content (AvgIpc) is 2.64. The largest absolute Gasteiger partial charge is 0.492 e. The Morgan fingerprint density at radius 1 is 1.11 bits per heavy atom. The van der Waals surface area contributed by atoms with E-state index in [4.69, 9.17) is 4.74 Å². The van der Waals surface area contributed by atoms with Crippen LogP contribution in [0.3, 0.4) is 0 Å². The molecule has 0 bridgehead atoms. The quantitative estimate of drug-likeness (QED) is 0.485. The number of halogens is 2. The fraction of sp³-hybridized carbons (Fsp3) is 0.600. The van der Waals surface area contributed by atoms with Crippen LogP contribution in [0.2, 0.25) is 0 Å². The predicted octanol–water partition coefficient (Wildman–Crippen LogP) is 5.86. The molecule has 1 fully saturated rings. The molecule has 0 amide bonds. The second-order valence-electron chi connectivity index (χ2n) is 5.44. The molecule has 0 N–H and O–H groups in total. The molecule has 0 radical (unpaired) electrons. The molecule has 0 saturated heterocycles. The van der Waals surface area contributed by atoms with E-state index in [1.54, 1.807) is 0 Å². The normalized spacial score (nSPS) is 18.9. The van der Waals surface area contributed by atoms with Crippen LogP contribution in [0.25, 0.3) is 0 Å². The first-order valence-corrected chi connectivity index (χ1v) is 9.06. The predicted molar refractivity (Wildman–Crippen MR) is 91.3 cm³/mol. The number of benzene rings is 1. The van der Waals surface area contributed by atoms with Gasteiger partial charge in [-0.25, -0.2) is 0 Å². The lowest BCUT2D eigenvalue weighted by atomic mass is 9.83. The zero-order chi connectivity index (χ0) is 13.7. The highest BCUT2D eigenvalue weighted by Crippen LogP contribution is 2.37. The summed E-state index contributed by atoms with van der Waals surface area (Å²) < 4.78 is 8.13. The Hall–Kier alpha value is 0.330. The fourth-order valence-electron chi connectivity index (χ4n) is 2.65. The highest BCUT2D eigenvalue weighted by atomic mass is 79.9. The van der Waals surface area contributed by atoms with Crippen molar-refractivity contribution in [2.45, 2.75) is 38.5 Å². The Morgan fingerprint density at radius 3 is 2.37 bits per heavy atom. The summed E-state index contributed by atoms with van der Waals surface area (Å²) in [6.07, 6.45) is 7.82.